The Bertz CT molecular complexity index is 321. The van der Waals surface area contributed by atoms with E-state index in [1.807, 2.05) is 20.2 Å². The van der Waals surface area contributed by atoms with Crippen LogP contribution in [-0.2, 0) is 18.3 Å². The van der Waals surface area contributed by atoms with Crippen LogP contribution in [0.2, 0.25) is 0 Å². The highest BCUT2D eigenvalue weighted by Crippen LogP contribution is 1.96. The van der Waals surface area contributed by atoms with Crippen LogP contribution >= 0.6 is 0 Å². The van der Waals surface area contributed by atoms with Crippen molar-refractivity contribution in [3.8, 4) is 0 Å². The normalized spacial score (nSPS) is 12.5. The zero-order valence-corrected chi connectivity index (χ0v) is 9.23. The highest BCUT2D eigenvalue weighted by Gasteiger charge is 2.09. The summed E-state index contributed by atoms with van der Waals surface area (Å²) in [6, 6.07) is -0.390. The van der Waals surface area contributed by atoms with Gasteiger partial charge in [0.1, 0.15) is 0 Å². The van der Waals surface area contributed by atoms with Crippen LogP contribution in [0.4, 0.5) is 0 Å². The summed E-state index contributed by atoms with van der Waals surface area (Å²) in [5.41, 5.74) is 6.69. The lowest BCUT2D eigenvalue weighted by atomic mass is 10.2. The lowest BCUT2D eigenvalue weighted by Crippen LogP contribution is -2.40. The topological polar surface area (TPSA) is 72.9 Å². The van der Waals surface area contributed by atoms with E-state index in [4.69, 9.17) is 5.73 Å². The van der Waals surface area contributed by atoms with E-state index >= 15 is 0 Å². The van der Waals surface area contributed by atoms with Crippen LogP contribution in [-0.4, -0.2) is 28.3 Å². The van der Waals surface area contributed by atoms with Gasteiger partial charge in [0.15, 0.2) is 0 Å². The number of amides is 1. The largest absolute Gasteiger partial charge is 0.354 e. The predicted molar refractivity (Wildman–Crippen MR) is 58.2 cm³/mol. The smallest absolute Gasteiger partial charge is 0.236 e. The van der Waals surface area contributed by atoms with Crippen LogP contribution in [0.25, 0.3) is 0 Å². The van der Waals surface area contributed by atoms with Crippen molar-refractivity contribution in [2.75, 3.05) is 6.54 Å². The second-order valence-electron chi connectivity index (χ2n) is 3.58. The zero-order valence-electron chi connectivity index (χ0n) is 9.23. The summed E-state index contributed by atoms with van der Waals surface area (Å²) in [5, 5.41) is 6.84. The standard InChI is InChI=1S/C10H18N4O/c1-3-9(11)10(15)12-5-4-8-6-13-14(2)7-8/h6-7,9H,3-5,11H2,1-2H3,(H,12,15). The summed E-state index contributed by atoms with van der Waals surface area (Å²) < 4.78 is 1.74. The third-order valence-electron chi connectivity index (χ3n) is 2.25. The van der Waals surface area contributed by atoms with Crippen molar-refractivity contribution in [1.82, 2.24) is 15.1 Å². The highest BCUT2D eigenvalue weighted by molar-refractivity contribution is 5.81. The summed E-state index contributed by atoms with van der Waals surface area (Å²) in [4.78, 5) is 11.3. The van der Waals surface area contributed by atoms with E-state index in [0.717, 1.165) is 12.0 Å². The summed E-state index contributed by atoms with van der Waals surface area (Å²) in [7, 11) is 1.87. The van der Waals surface area contributed by atoms with Gasteiger partial charge in [0.05, 0.1) is 12.2 Å². The fourth-order valence-electron chi connectivity index (χ4n) is 1.25. The Morgan fingerprint density at radius 2 is 2.47 bits per heavy atom. The maximum atomic E-state index is 11.3. The summed E-state index contributed by atoms with van der Waals surface area (Å²) in [5.74, 6) is -0.0820. The molecule has 0 saturated carbocycles. The van der Waals surface area contributed by atoms with Crippen LogP contribution in [0.3, 0.4) is 0 Å². The number of hydrogen-bond acceptors (Lipinski definition) is 3. The SMILES string of the molecule is CCC(N)C(=O)NCCc1cnn(C)c1. The first-order chi connectivity index (χ1) is 7.13. The van der Waals surface area contributed by atoms with Gasteiger partial charge in [-0.25, -0.2) is 0 Å². The van der Waals surface area contributed by atoms with Crippen molar-refractivity contribution in [3.05, 3.63) is 18.0 Å². The van der Waals surface area contributed by atoms with Crippen LogP contribution in [0, 0.1) is 0 Å². The molecule has 0 aliphatic carbocycles. The molecule has 5 heteroatoms. The minimum absolute atomic E-state index is 0.0820. The zero-order chi connectivity index (χ0) is 11.3. The van der Waals surface area contributed by atoms with E-state index in [9.17, 15) is 4.79 Å². The molecule has 1 heterocycles. The first kappa shape index (κ1) is 11.7. The molecule has 1 amide bonds. The second-order valence-corrected chi connectivity index (χ2v) is 3.58. The highest BCUT2D eigenvalue weighted by atomic mass is 16.2. The van der Waals surface area contributed by atoms with Crippen LogP contribution in [0.15, 0.2) is 12.4 Å². The molecule has 3 N–H and O–H groups in total. The molecule has 0 aliphatic heterocycles. The first-order valence-electron chi connectivity index (χ1n) is 5.14. The van der Waals surface area contributed by atoms with Gasteiger partial charge in [0, 0.05) is 19.8 Å². The fraction of sp³-hybridized carbons (Fsp3) is 0.600. The number of nitrogens with two attached hydrogens (primary N) is 1. The van der Waals surface area contributed by atoms with Gasteiger partial charge in [0.25, 0.3) is 0 Å². The lowest BCUT2D eigenvalue weighted by Gasteiger charge is -2.08. The molecule has 1 rings (SSSR count). The number of nitrogens with one attached hydrogen (secondary N) is 1. The van der Waals surface area contributed by atoms with E-state index in [-0.39, 0.29) is 11.9 Å². The Morgan fingerprint density at radius 1 is 1.73 bits per heavy atom. The number of hydrogen-bond donors (Lipinski definition) is 2. The molecule has 1 aromatic heterocycles. The molecule has 1 unspecified atom stereocenters. The quantitative estimate of drug-likeness (QED) is 0.708. The maximum Gasteiger partial charge on any atom is 0.236 e. The van der Waals surface area contributed by atoms with Crippen molar-refractivity contribution >= 4 is 5.91 Å². The van der Waals surface area contributed by atoms with E-state index in [1.165, 1.54) is 0 Å². The van der Waals surface area contributed by atoms with E-state index in [1.54, 1.807) is 10.9 Å². The van der Waals surface area contributed by atoms with E-state index < -0.39 is 0 Å². The molecular weight excluding hydrogens is 192 g/mol. The number of rotatable bonds is 5. The number of carbonyl (C=O) groups excluding carboxylic acids is 1. The molecule has 1 atom stereocenters. The Hall–Kier alpha value is -1.36. The van der Waals surface area contributed by atoms with Gasteiger partial charge in [0.2, 0.25) is 5.91 Å². The van der Waals surface area contributed by atoms with Gasteiger partial charge >= 0.3 is 0 Å². The minimum atomic E-state index is -0.390. The lowest BCUT2D eigenvalue weighted by molar-refractivity contribution is -0.122. The molecule has 5 nitrogen and oxygen atoms in total. The van der Waals surface area contributed by atoms with Crippen LogP contribution < -0.4 is 11.1 Å². The number of aryl methyl sites for hydroxylation is 1. The molecule has 15 heavy (non-hydrogen) atoms. The van der Waals surface area contributed by atoms with Gasteiger partial charge in [-0.2, -0.15) is 5.10 Å². The maximum absolute atomic E-state index is 11.3. The first-order valence-corrected chi connectivity index (χ1v) is 5.14. The van der Waals surface area contributed by atoms with Gasteiger partial charge in [-0.3, -0.25) is 9.48 Å². The molecule has 84 valence electrons. The van der Waals surface area contributed by atoms with Gasteiger partial charge < -0.3 is 11.1 Å². The van der Waals surface area contributed by atoms with Crippen molar-refractivity contribution in [2.45, 2.75) is 25.8 Å². The molecule has 0 bridgehead atoms. The van der Waals surface area contributed by atoms with Crippen molar-refractivity contribution in [2.24, 2.45) is 12.8 Å². The molecule has 0 radical (unpaired) electrons. The van der Waals surface area contributed by atoms with Crippen LogP contribution in [0.1, 0.15) is 18.9 Å². The third kappa shape index (κ3) is 3.71. The van der Waals surface area contributed by atoms with Gasteiger partial charge in [-0.1, -0.05) is 6.92 Å². The van der Waals surface area contributed by atoms with Gasteiger partial charge in [-0.05, 0) is 18.4 Å². The van der Waals surface area contributed by atoms with E-state index in [0.29, 0.717) is 13.0 Å². The third-order valence-corrected chi connectivity index (χ3v) is 2.25. The van der Waals surface area contributed by atoms with Crippen LogP contribution in [0.5, 0.6) is 0 Å². The molecular formula is C10H18N4O. The summed E-state index contributed by atoms with van der Waals surface area (Å²) in [6.45, 7) is 2.50. The Balaban J connectivity index is 2.24. The van der Waals surface area contributed by atoms with Crippen molar-refractivity contribution in [1.29, 1.82) is 0 Å². The number of nitrogens with zero attached hydrogens (tertiary/aromatic N) is 2. The minimum Gasteiger partial charge on any atom is -0.354 e. The average Bonchev–Trinajstić information content (AvgIpc) is 2.63. The predicted octanol–water partition coefficient (Wildman–Crippen LogP) is -0.184. The Morgan fingerprint density at radius 3 is 3.00 bits per heavy atom. The molecule has 0 aliphatic rings. The molecule has 1 aromatic rings. The van der Waals surface area contributed by atoms with Crippen molar-refractivity contribution < 1.29 is 4.79 Å². The van der Waals surface area contributed by atoms with E-state index in [2.05, 4.69) is 10.4 Å². The number of aromatic nitrogens is 2. The summed E-state index contributed by atoms with van der Waals surface area (Å²) in [6.07, 6.45) is 5.19. The Kier molecular flexibility index (Phi) is 4.30. The molecule has 0 aromatic carbocycles. The summed E-state index contributed by atoms with van der Waals surface area (Å²) >= 11 is 0. The number of carbonyl (C=O) groups is 1. The van der Waals surface area contributed by atoms with Gasteiger partial charge in [-0.15, -0.1) is 0 Å². The molecule has 0 saturated heterocycles. The van der Waals surface area contributed by atoms with Crippen molar-refractivity contribution in [3.63, 3.8) is 0 Å². The molecule has 0 fully saturated rings. The Labute approximate surface area is 89.6 Å². The monoisotopic (exact) mass is 210 g/mol. The fourth-order valence-corrected chi connectivity index (χ4v) is 1.25. The molecule has 0 spiro atoms. The second kappa shape index (κ2) is 5.50. The average molecular weight is 210 g/mol.